The maximum absolute atomic E-state index is 2.43. The average Bonchev–Trinajstić information content (AvgIpc) is 2.01. The van der Waals surface area contributed by atoms with Gasteiger partial charge in [0.1, 0.15) is 0 Å². The third-order valence-electron chi connectivity index (χ3n) is 2.77. The molecule has 80 valence electrons. The van der Waals surface area contributed by atoms with Crippen LogP contribution in [0.2, 0.25) is 0 Å². The molecule has 0 saturated carbocycles. The molecule has 14 heavy (non-hydrogen) atoms. The van der Waals surface area contributed by atoms with Crippen LogP contribution in [0.5, 0.6) is 0 Å². The Kier molecular flexibility index (Phi) is 2.94. The number of hydrogen-bond acceptors (Lipinski definition) is 0. The van der Waals surface area contributed by atoms with Gasteiger partial charge in [-0.25, -0.2) is 0 Å². The Labute approximate surface area is 89.1 Å². The molecule has 1 rings (SSSR count). The molecule has 0 atom stereocenters. The first kappa shape index (κ1) is 11.6. The second-order valence-corrected chi connectivity index (χ2v) is 6.31. The SMILES string of the molecule is CC(C)(C)C1=CCCC=C1C(C)(C)C. The van der Waals surface area contributed by atoms with Crippen molar-refractivity contribution in [3.63, 3.8) is 0 Å². The molecule has 0 heterocycles. The van der Waals surface area contributed by atoms with Crippen molar-refractivity contribution in [1.29, 1.82) is 0 Å². The Hall–Kier alpha value is -0.520. The molecule has 1 aliphatic carbocycles. The Morgan fingerprint density at radius 1 is 0.714 bits per heavy atom. The predicted octanol–water partition coefficient (Wildman–Crippen LogP) is 4.73. The van der Waals surface area contributed by atoms with E-state index >= 15 is 0 Å². The minimum atomic E-state index is 0.291. The van der Waals surface area contributed by atoms with Crippen molar-refractivity contribution >= 4 is 0 Å². The third kappa shape index (κ3) is 2.50. The highest BCUT2D eigenvalue weighted by atomic mass is 14.3. The van der Waals surface area contributed by atoms with Crippen molar-refractivity contribution in [3.8, 4) is 0 Å². The molecule has 0 aliphatic heterocycles. The molecule has 0 bridgehead atoms. The van der Waals surface area contributed by atoms with Crippen molar-refractivity contribution < 1.29 is 0 Å². The highest BCUT2D eigenvalue weighted by molar-refractivity contribution is 5.41. The second-order valence-electron chi connectivity index (χ2n) is 6.31. The zero-order valence-electron chi connectivity index (χ0n) is 10.6. The van der Waals surface area contributed by atoms with Crippen molar-refractivity contribution in [2.45, 2.75) is 54.4 Å². The third-order valence-corrected chi connectivity index (χ3v) is 2.77. The van der Waals surface area contributed by atoms with Crippen LogP contribution in [0.4, 0.5) is 0 Å². The summed E-state index contributed by atoms with van der Waals surface area (Å²) >= 11 is 0. The Balaban J connectivity index is 3.06. The van der Waals surface area contributed by atoms with E-state index in [2.05, 4.69) is 53.7 Å². The van der Waals surface area contributed by atoms with Crippen LogP contribution in [-0.2, 0) is 0 Å². The molecule has 0 radical (unpaired) electrons. The molecule has 0 saturated heterocycles. The Bertz CT molecular complexity index is 233. The molecule has 0 unspecified atom stereocenters. The van der Waals surface area contributed by atoms with E-state index < -0.39 is 0 Å². The van der Waals surface area contributed by atoms with Crippen molar-refractivity contribution in [2.75, 3.05) is 0 Å². The van der Waals surface area contributed by atoms with E-state index in [0.29, 0.717) is 10.8 Å². The van der Waals surface area contributed by atoms with Crippen molar-refractivity contribution in [1.82, 2.24) is 0 Å². The Morgan fingerprint density at radius 2 is 1.00 bits per heavy atom. The Morgan fingerprint density at radius 3 is 1.21 bits per heavy atom. The van der Waals surface area contributed by atoms with Crippen LogP contribution in [0, 0.1) is 10.8 Å². The van der Waals surface area contributed by atoms with Crippen LogP contribution in [0.3, 0.4) is 0 Å². The maximum Gasteiger partial charge on any atom is -0.0132 e. The summed E-state index contributed by atoms with van der Waals surface area (Å²) in [6.07, 6.45) is 7.29. The van der Waals surface area contributed by atoms with Gasteiger partial charge >= 0.3 is 0 Å². The van der Waals surface area contributed by atoms with Crippen LogP contribution in [0.15, 0.2) is 23.3 Å². The van der Waals surface area contributed by atoms with Crippen molar-refractivity contribution in [3.05, 3.63) is 23.3 Å². The van der Waals surface area contributed by atoms with Gasteiger partial charge in [-0.1, -0.05) is 53.7 Å². The molecule has 1 aliphatic rings. The van der Waals surface area contributed by atoms with Gasteiger partial charge in [0.15, 0.2) is 0 Å². The fourth-order valence-corrected chi connectivity index (χ4v) is 2.10. The van der Waals surface area contributed by atoms with E-state index in [1.807, 2.05) is 0 Å². The van der Waals surface area contributed by atoms with Crippen LogP contribution in [0.1, 0.15) is 54.4 Å². The monoisotopic (exact) mass is 192 g/mol. The summed E-state index contributed by atoms with van der Waals surface area (Å²) in [7, 11) is 0. The normalized spacial score (nSPS) is 19.0. The van der Waals surface area contributed by atoms with E-state index in [1.54, 1.807) is 11.1 Å². The predicted molar refractivity (Wildman–Crippen MR) is 64.3 cm³/mol. The molecular formula is C14H24. The minimum Gasteiger partial charge on any atom is -0.0802 e. The number of hydrogen-bond donors (Lipinski definition) is 0. The van der Waals surface area contributed by atoms with Gasteiger partial charge in [0.25, 0.3) is 0 Å². The average molecular weight is 192 g/mol. The van der Waals surface area contributed by atoms with E-state index in [4.69, 9.17) is 0 Å². The smallest absolute Gasteiger partial charge is 0.0132 e. The molecular weight excluding hydrogens is 168 g/mol. The summed E-state index contributed by atoms with van der Waals surface area (Å²) in [6, 6.07) is 0. The van der Waals surface area contributed by atoms with Gasteiger partial charge in [-0.2, -0.15) is 0 Å². The first-order valence-electron chi connectivity index (χ1n) is 5.64. The fraction of sp³-hybridized carbons (Fsp3) is 0.714. The second kappa shape index (κ2) is 3.56. The number of allylic oxidation sites excluding steroid dienone is 4. The molecule has 0 nitrogen and oxygen atoms in total. The molecule has 0 aromatic carbocycles. The van der Waals surface area contributed by atoms with E-state index in [9.17, 15) is 0 Å². The van der Waals surface area contributed by atoms with Gasteiger partial charge in [-0.3, -0.25) is 0 Å². The van der Waals surface area contributed by atoms with Gasteiger partial charge in [0.2, 0.25) is 0 Å². The number of rotatable bonds is 0. The van der Waals surface area contributed by atoms with Crippen LogP contribution < -0.4 is 0 Å². The first-order valence-corrected chi connectivity index (χ1v) is 5.64. The summed E-state index contributed by atoms with van der Waals surface area (Å²) < 4.78 is 0. The summed E-state index contributed by atoms with van der Waals surface area (Å²) in [5.41, 5.74) is 3.69. The molecule has 0 spiro atoms. The summed E-state index contributed by atoms with van der Waals surface area (Å²) in [5.74, 6) is 0. The van der Waals surface area contributed by atoms with E-state index in [1.165, 1.54) is 12.8 Å². The lowest BCUT2D eigenvalue weighted by atomic mass is 9.70. The molecule has 0 heteroatoms. The quantitative estimate of drug-likeness (QED) is 0.520. The maximum atomic E-state index is 2.43. The van der Waals surface area contributed by atoms with Crippen molar-refractivity contribution in [2.24, 2.45) is 10.8 Å². The lowest BCUT2D eigenvalue weighted by Gasteiger charge is -2.35. The van der Waals surface area contributed by atoms with Crippen LogP contribution in [0.25, 0.3) is 0 Å². The standard InChI is InChI=1S/C14H24/c1-13(2,3)11-9-7-8-10-12(11)14(4,5)6/h9-10H,7-8H2,1-6H3. The van der Waals surface area contributed by atoms with Gasteiger partial charge in [0, 0.05) is 0 Å². The van der Waals surface area contributed by atoms with E-state index in [0.717, 1.165) is 0 Å². The molecule has 0 amide bonds. The largest absolute Gasteiger partial charge is 0.0802 e. The topological polar surface area (TPSA) is 0 Å². The zero-order valence-corrected chi connectivity index (χ0v) is 10.6. The highest BCUT2D eigenvalue weighted by Gasteiger charge is 2.28. The van der Waals surface area contributed by atoms with Crippen LogP contribution >= 0.6 is 0 Å². The van der Waals surface area contributed by atoms with Gasteiger partial charge in [0.05, 0.1) is 0 Å². The van der Waals surface area contributed by atoms with Crippen LogP contribution in [-0.4, -0.2) is 0 Å². The molecule has 0 aromatic rings. The lowest BCUT2D eigenvalue weighted by molar-refractivity contribution is 0.439. The van der Waals surface area contributed by atoms with Gasteiger partial charge < -0.3 is 0 Å². The van der Waals surface area contributed by atoms with Gasteiger partial charge in [-0.05, 0) is 34.8 Å². The summed E-state index contributed by atoms with van der Waals surface area (Å²) in [5, 5.41) is 0. The highest BCUT2D eigenvalue weighted by Crippen LogP contribution is 2.42. The molecule has 0 aromatic heterocycles. The molecule has 0 N–H and O–H groups in total. The first-order chi connectivity index (χ1) is 6.23. The summed E-state index contributed by atoms with van der Waals surface area (Å²) in [6.45, 7) is 13.9. The minimum absolute atomic E-state index is 0.291. The lowest BCUT2D eigenvalue weighted by Crippen LogP contribution is -2.21. The zero-order chi connectivity index (χ0) is 11.0. The molecule has 0 fully saturated rings. The fourth-order valence-electron chi connectivity index (χ4n) is 2.10. The van der Waals surface area contributed by atoms with E-state index in [-0.39, 0.29) is 0 Å². The van der Waals surface area contributed by atoms with Gasteiger partial charge in [-0.15, -0.1) is 0 Å². The summed E-state index contributed by atoms with van der Waals surface area (Å²) in [4.78, 5) is 0.